The average molecular weight is 515 g/mol. The molecule has 1 aromatic rings. The lowest BCUT2D eigenvalue weighted by atomic mass is 10.1. The van der Waals surface area contributed by atoms with Gasteiger partial charge in [-0.25, -0.2) is 8.42 Å². The number of halogens is 1. The quantitative estimate of drug-likeness (QED) is 0.294. The number of nitrogens with zero attached hydrogens (tertiary/aromatic N) is 1. The molecule has 10 heteroatoms. The van der Waals surface area contributed by atoms with Gasteiger partial charge in [-0.2, -0.15) is 0 Å². The van der Waals surface area contributed by atoms with E-state index in [2.05, 4.69) is 15.6 Å². The molecule has 0 saturated heterocycles. The molecule has 0 amide bonds. The third-order valence-corrected chi connectivity index (χ3v) is 4.76. The van der Waals surface area contributed by atoms with Crippen LogP contribution >= 0.6 is 24.0 Å². The molecule has 1 unspecified atom stereocenters. The maximum Gasteiger partial charge on any atom is 0.191 e. The van der Waals surface area contributed by atoms with Gasteiger partial charge in [0.15, 0.2) is 5.96 Å². The summed E-state index contributed by atoms with van der Waals surface area (Å²) in [6, 6.07) is 3.52. The topological polar surface area (TPSA) is 98.2 Å². The van der Waals surface area contributed by atoms with E-state index < -0.39 is 9.84 Å². The second-order valence-corrected chi connectivity index (χ2v) is 8.16. The van der Waals surface area contributed by atoms with Gasteiger partial charge in [-0.15, -0.1) is 24.0 Å². The van der Waals surface area contributed by atoms with Gasteiger partial charge in [0.05, 0.1) is 39.2 Å². The van der Waals surface area contributed by atoms with Crippen LogP contribution in [-0.2, 0) is 16.4 Å². The molecule has 156 valence electrons. The minimum Gasteiger partial charge on any atom is -0.496 e. The fourth-order valence-corrected chi connectivity index (χ4v) is 3.10. The summed E-state index contributed by atoms with van der Waals surface area (Å²) >= 11 is 0. The van der Waals surface area contributed by atoms with Crippen molar-refractivity contribution < 1.29 is 22.6 Å². The monoisotopic (exact) mass is 515 g/mol. The third kappa shape index (κ3) is 8.87. The molecule has 0 aliphatic rings. The van der Waals surface area contributed by atoms with Crippen LogP contribution in [0.5, 0.6) is 17.2 Å². The summed E-state index contributed by atoms with van der Waals surface area (Å²) in [5, 5.41) is 6.36. The third-order valence-electron chi connectivity index (χ3n) is 3.78. The lowest BCUT2D eigenvalue weighted by molar-refractivity contribution is 0.368. The van der Waals surface area contributed by atoms with Gasteiger partial charge in [0.25, 0.3) is 0 Å². The number of rotatable bonds is 9. The summed E-state index contributed by atoms with van der Waals surface area (Å²) in [6.45, 7) is 2.32. The number of methoxy groups -OCH3 is 3. The van der Waals surface area contributed by atoms with Gasteiger partial charge in [0.2, 0.25) is 0 Å². The van der Waals surface area contributed by atoms with Crippen LogP contribution in [0, 0.1) is 0 Å². The summed E-state index contributed by atoms with van der Waals surface area (Å²) in [7, 11) is 3.41. The zero-order valence-electron chi connectivity index (χ0n) is 16.7. The summed E-state index contributed by atoms with van der Waals surface area (Å²) in [6.07, 6.45) is 1.73. The maximum absolute atomic E-state index is 11.3. The van der Waals surface area contributed by atoms with Gasteiger partial charge < -0.3 is 24.8 Å². The molecule has 0 radical (unpaired) electrons. The van der Waals surface area contributed by atoms with E-state index in [-0.39, 0.29) is 35.8 Å². The second-order valence-electron chi connectivity index (χ2n) is 5.90. The molecule has 27 heavy (non-hydrogen) atoms. The molecule has 0 saturated carbocycles. The predicted molar refractivity (Wildman–Crippen MR) is 119 cm³/mol. The van der Waals surface area contributed by atoms with Crippen LogP contribution in [0.15, 0.2) is 17.1 Å². The normalized spacial score (nSPS) is 12.6. The van der Waals surface area contributed by atoms with Crippen molar-refractivity contribution in [2.24, 2.45) is 4.99 Å². The summed E-state index contributed by atoms with van der Waals surface area (Å²) in [5.74, 6) is 2.59. The smallest absolute Gasteiger partial charge is 0.191 e. The molecule has 0 heterocycles. The SMILES string of the molecule is CN=C(NCc1c(OC)cc(OC)cc1OC)NC(C)CCS(C)(=O)=O.I. The first-order valence-electron chi connectivity index (χ1n) is 8.17. The minimum absolute atomic E-state index is 0. The average Bonchev–Trinajstić information content (AvgIpc) is 2.61. The van der Waals surface area contributed by atoms with Crippen LogP contribution in [-0.4, -0.2) is 60.8 Å². The van der Waals surface area contributed by atoms with Gasteiger partial charge >= 0.3 is 0 Å². The van der Waals surface area contributed by atoms with Gasteiger partial charge in [0.1, 0.15) is 27.1 Å². The van der Waals surface area contributed by atoms with Gasteiger partial charge in [0, 0.05) is 31.5 Å². The molecule has 0 aliphatic carbocycles. The first kappa shape index (κ1) is 25.6. The van der Waals surface area contributed by atoms with Gasteiger partial charge in [-0.3, -0.25) is 4.99 Å². The van der Waals surface area contributed by atoms with Gasteiger partial charge in [-0.1, -0.05) is 0 Å². The fraction of sp³-hybridized carbons (Fsp3) is 0.588. The highest BCUT2D eigenvalue weighted by molar-refractivity contribution is 14.0. The first-order chi connectivity index (χ1) is 12.2. The van der Waals surface area contributed by atoms with E-state index in [4.69, 9.17) is 14.2 Å². The minimum atomic E-state index is -2.99. The second kappa shape index (κ2) is 12.1. The summed E-state index contributed by atoms with van der Waals surface area (Å²) in [4.78, 5) is 4.17. The number of benzene rings is 1. The van der Waals surface area contributed by atoms with Crippen molar-refractivity contribution in [3.63, 3.8) is 0 Å². The Morgan fingerprint density at radius 3 is 2.11 bits per heavy atom. The molecule has 0 aromatic heterocycles. The Hall–Kier alpha value is -1.43. The Morgan fingerprint density at radius 1 is 1.15 bits per heavy atom. The number of hydrogen-bond donors (Lipinski definition) is 2. The van der Waals surface area contributed by atoms with Crippen LogP contribution in [0.25, 0.3) is 0 Å². The highest BCUT2D eigenvalue weighted by atomic mass is 127. The highest BCUT2D eigenvalue weighted by Gasteiger charge is 2.15. The van der Waals surface area contributed by atoms with E-state index in [0.29, 0.717) is 36.2 Å². The van der Waals surface area contributed by atoms with Crippen LogP contribution in [0.1, 0.15) is 18.9 Å². The number of nitrogens with one attached hydrogen (secondary N) is 2. The molecular formula is C17H30IN3O5S. The lowest BCUT2D eigenvalue weighted by Gasteiger charge is -2.19. The summed E-state index contributed by atoms with van der Waals surface area (Å²) < 4.78 is 38.7. The predicted octanol–water partition coefficient (Wildman–Crippen LogP) is 1.82. The standard InChI is InChI=1S/C17H29N3O5S.HI/c1-12(7-8-26(6,21)22)20-17(18-2)19-11-14-15(24-4)9-13(23-3)10-16(14)25-5;/h9-10,12H,7-8,11H2,1-6H3,(H2,18,19,20);1H. The maximum atomic E-state index is 11.3. The highest BCUT2D eigenvalue weighted by Crippen LogP contribution is 2.33. The van der Waals surface area contributed by atoms with Crippen LogP contribution in [0.4, 0.5) is 0 Å². The Balaban J connectivity index is 0.00000676. The van der Waals surface area contributed by atoms with Crippen molar-refractivity contribution in [3.8, 4) is 17.2 Å². The van der Waals surface area contributed by atoms with Crippen molar-refractivity contribution >= 4 is 39.8 Å². The molecule has 0 bridgehead atoms. The first-order valence-corrected chi connectivity index (χ1v) is 10.2. The number of sulfone groups is 1. The van der Waals surface area contributed by atoms with Gasteiger partial charge in [-0.05, 0) is 13.3 Å². The van der Waals surface area contributed by atoms with Crippen molar-refractivity contribution in [1.82, 2.24) is 10.6 Å². The Kier molecular flexibility index (Phi) is 11.5. The lowest BCUT2D eigenvalue weighted by Crippen LogP contribution is -2.42. The summed E-state index contributed by atoms with van der Waals surface area (Å²) in [5.41, 5.74) is 0.822. The molecule has 2 N–H and O–H groups in total. The Labute approximate surface area is 179 Å². The molecule has 1 aromatic carbocycles. The van der Waals surface area contributed by atoms with Crippen molar-refractivity contribution in [2.45, 2.75) is 25.9 Å². The molecule has 8 nitrogen and oxygen atoms in total. The van der Waals surface area contributed by atoms with E-state index in [1.165, 1.54) is 6.26 Å². The molecular weight excluding hydrogens is 485 g/mol. The number of hydrogen-bond acceptors (Lipinski definition) is 6. The van der Waals surface area contributed by atoms with Crippen LogP contribution in [0.2, 0.25) is 0 Å². The zero-order valence-corrected chi connectivity index (χ0v) is 19.8. The van der Waals surface area contributed by atoms with Crippen molar-refractivity contribution in [1.29, 1.82) is 0 Å². The molecule has 0 fully saturated rings. The Bertz CT molecular complexity index is 700. The molecule has 1 atom stereocenters. The van der Waals surface area contributed by atoms with E-state index in [1.54, 1.807) is 40.5 Å². The van der Waals surface area contributed by atoms with Crippen LogP contribution in [0.3, 0.4) is 0 Å². The number of guanidine groups is 1. The zero-order chi connectivity index (χ0) is 19.7. The molecule has 1 rings (SSSR count). The van der Waals surface area contributed by atoms with E-state index in [1.807, 2.05) is 6.92 Å². The van der Waals surface area contributed by atoms with Crippen molar-refractivity contribution in [2.75, 3.05) is 40.4 Å². The van der Waals surface area contributed by atoms with E-state index in [9.17, 15) is 8.42 Å². The van der Waals surface area contributed by atoms with Crippen molar-refractivity contribution in [3.05, 3.63) is 17.7 Å². The number of aliphatic imine (C=N–C) groups is 1. The fourth-order valence-electron chi connectivity index (χ4n) is 2.32. The molecule has 0 spiro atoms. The van der Waals surface area contributed by atoms with E-state index >= 15 is 0 Å². The molecule has 0 aliphatic heterocycles. The van der Waals surface area contributed by atoms with Crippen LogP contribution < -0.4 is 24.8 Å². The van der Waals surface area contributed by atoms with E-state index in [0.717, 1.165) is 5.56 Å². The Morgan fingerprint density at radius 2 is 1.70 bits per heavy atom. The largest absolute Gasteiger partial charge is 0.496 e. The number of ether oxygens (including phenoxy) is 3.